The Bertz CT molecular complexity index is 400. The van der Waals surface area contributed by atoms with Crippen molar-refractivity contribution in [2.24, 2.45) is 10.2 Å². The van der Waals surface area contributed by atoms with Gasteiger partial charge in [0, 0.05) is 0 Å². The molecule has 1 aromatic carbocycles. The van der Waals surface area contributed by atoms with Crippen LogP contribution < -0.4 is 5.12 Å². The molecule has 0 heterocycles. The van der Waals surface area contributed by atoms with Crippen molar-refractivity contribution in [3.63, 3.8) is 0 Å². The van der Waals surface area contributed by atoms with Crippen LogP contribution in [0.4, 0.5) is 5.69 Å². The maximum atomic E-state index is 10.0. The molecule has 14 heavy (non-hydrogen) atoms. The first-order valence-electron chi connectivity index (χ1n) is 3.80. The minimum atomic E-state index is 0.511. The van der Waals surface area contributed by atoms with Gasteiger partial charge >= 0.3 is 0 Å². The number of benzene rings is 1. The Labute approximate surface area is 80.3 Å². The van der Waals surface area contributed by atoms with Crippen molar-refractivity contribution in [1.82, 2.24) is 0 Å². The number of rotatable bonds is 3. The molecule has 0 aromatic heterocycles. The molecular formula is C9H7N3O2. The molecule has 0 bridgehead atoms. The zero-order valence-corrected chi connectivity index (χ0v) is 7.47. The molecule has 5 nitrogen and oxygen atoms in total. The molecule has 0 saturated carbocycles. The monoisotopic (exact) mass is 189 g/mol. The molecular weight excluding hydrogens is 182 g/mol. The lowest BCUT2D eigenvalue weighted by Gasteiger charge is -2.07. The van der Waals surface area contributed by atoms with Gasteiger partial charge in [-0.1, -0.05) is 22.3 Å². The first-order valence-corrected chi connectivity index (χ1v) is 3.80. The summed E-state index contributed by atoms with van der Waals surface area (Å²) in [5, 5.41) is 7.32. The van der Waals surface area contributed by atoms with Crippen LogP contribution in [0.25, 0.3) is 0 Å². The van der Waals surface area contributed by atoms with Gasteiger partial charge < -0.3 is 0 Å². The molecule has 0 atom stereocenters. The lowest BCUT2D eigenvalue weighted by atomic mass is 10.2. The molecule has 5 heteroatoms. The zero-order valence-electron chi connectivity index (χ0n) is 7.47. The smallest absolute Gasteiger partial charge is 0.209 e. The fourth-order valence-electron chi connectivity index (χ4n) is 0.968. The second kappa shape index (κ2) is 4.72. The normalized spacial score (nSPS) is 8.36. The van der Waals surface area contributed by atoms with Gasteiger partial charge in [-0.25, -0.2) is 9.59 Å². The van der Waals surface area contributed by atoms with Gasteiger partial charge in [0.15, 0.2) is 0 Å². The van der Waals surface area contributed by atoms with Gasteiger partial charge in [-0.3, -0.25) is 0 Å². The van der Waals surface area contributed by atoms with Gasteiger partial charge in [0.2, 0.25) is 0 Å². The molecule has 0 amide bonds. The molecule has 1 aromatic rings. The molecule has 0 radical (unpaired) electrons. The van der Waals surface area contributed by atoms with Crippen LogP contribution >= 0.6 is 0 Å². The van der Waals surface area contributed by atoms with Crippen molar-refractivity contribution >= 4 is 17.8 Å². The van der Waals surface area contributed by atoms with Crippen LogP contribution in [0.1, 0.15) is 5.56 Å². The molecule has 0 fully saturated rings. The lowest BCUT2D eigenvalue weighted by Crippen LogP contribution is -2.06. The van der Waals surface area contributed by atoms with Crippen molar-refractivity contribution in [2.45, 2.75) is 6.92 Å². The molecule has 1 rings (SSSR count). The highest BCUT2D eigenvalue weighted by Gasteiger charge is 2.02. The van der Waals surface area contributed by atoms with E-state index in [0.717, 1.165) is 10.7 Å². The third kappa shape index (κ3) is 2.38. The summed E-state index contributed by atoms with van der Waals surface area (Å²) in [7, 11) is 0. The molecule has 0 aliphatic heterocycles. The molecule has 0 saturated heterocycles. The quantitative estimate of drug-likeness (QED) is 0.409. The van der Waals surface area contributed by atoms with Gasteiger partial charge in [-0.05, 0) is 24.6 Å². The topological polar surface area (TPSA) is 62.1 Å². The summed E-state index contributed by atoms with van der Waals surface area (Å²) < 4.78 is 0. The SMILES string of the molecule is Cc1cccc(N(N=C=O)N=C=O)c1. The molecule has 0 aliphatic rings. The summed E-state index contributed by atoms with van der Waals surface area (Å²) >= 11 is 0. The van der Waals surface area contributed by atoms with Crippen LogP contribution in [-0.2, 0) is 9.59 Å². The Kier molecular flexibility index (Phi) is 3.33. The van der Waals surface area contributed by atoms with Crippen LogP contribution in [0.3, 0.4) is 0 Å². The maximum absolute atomic E-state index is 10.0. The van der Waals surface area contributed by atoms with Crippen LogP contribution in [0, 0.1) is 6.92 Å². The number of hydrogen-bond donors (Lipinski definition) is 0. The van der Waals surface area contributed by atoms with Crippen molar-refractivity contribution in [3.05, 3.63) is 29.8 Å². The predicted molar refractivity (Wildman–Crippen MR) is 49.9 cm³/mol. The highest BCUT2D eigenvalue weighted by atomic mass is 16.1. The summed E-state index contributed by atoms with van der Waals surface area (Å²) in [5.74, 6) is 0. The van der Waals surface area contributed by atoms with E-state index in [0.29, 0.717) is 5.69 Å². The number of nitrogens with zero attached hydrogens (tertiary/aromatic N) is 3. The van der Waals surface area contributed by atoms with Crippen molar-refractivity contribution in [3.8, 4) is 0 Å². The van der Waals surface area contributed by atoms with Crippen molar-refractivity contribution in [1.29, 1.82) is 0 Å². The lowest BCUT2D eigenvalue weighted by molar-refractivity contribution is 0.558. The second-order valence-electron chi connectivity index (χ2n) is 2.51. The Morgan fingerprint density at radius 2 is 1.86 bits per heavy atom. The van der Waals surface area contributed by atoms with Crippen molar-refractivity contribution < 1.29 is 9.59 Å². The van der Waals surface area contributed by atoms with Crippen molar-refractivity contribution in [2.75, 3.05) is 5.12 Å². The predicted octanol–water partition coefficient (Wildman–Crippen LogP) is 1.30. The van der Waals surface area contributed by atoms with E-state index in [1.165, 1.54) is 12.2 Å². The first kappa shape index (κ1) is 9.86. The van der Waals surface area contributed by atoms with E-state index in [9.17, 15) is 9.59 Å². The fourth-order valence-corrected chi connectivity index (χ4v) is 0.968. The summed E-state index contributed by atoms with van der Waals surface area (Å²) in [6, 6.07) is 7.02. The van der Waals surface area contributed by atoms with Gasteiger partial charge in [-0.15, -0.1) is 5.12 Å². The molecule has 0 N–H and O–H groups in total. The summed E-state index contributed by atoms with van der Waals surface area (Å²) in [6.45, 7) is 1.87. The average Bonchev–Trinajstić information content (AvgIpc) is 2.17. The zero-order chi connectivity index (χ0) is 10.4. The Morgan fingerprint density at radius 3 is 2.36 bits per heavy atom. The number of anilines is 1. The highest BCUT2D eigenvalue weighted by molar-refractivity contribution is 5.52. The van der Waals surface area contributed by atoms with Gasteiger partial charge in [0.05, 0.1) is 5.69 Å². The number of aryl methyl sites for hydroxylation is 1. The van der Waals surface area contributed by atoms with E-state index in [2.05, 4.69) is 10.2 Å². The highest BCUT2D eigenvalue weighted by Crippen LogP contribution is 2.15. The van der Waals surface area contributed by atoms with E-state index >= 15 is 0 Å². The van der Waals surface area contributed by atoms with E-state index in [-0.39, 0.29) is 0 Å². The van der Waals surface area contributed by atoms with E-state index in [1.807, 2.05) is 13.0 Å². The average molecular weight is 189 g/mol. The van der Waals surface area contributed by atoms with Gasteiger partial charge in [0.1, 0.15) is 0 Å². The standard InChI is InChI=1S/C9H7N3O2/c1-8-3-2-4-9(5-8)12(10-6-13)11-7-14/h2-5H,1H3. The maximum Gasteiger partial charge on any atom is 0.260 e. The number of hydrazone groups is 2. The third-order valence-corrected chi connectivity index (χ3v) is 1.50. The Hall–Kier alpha value is -2.22. The van der Waals surface area contributed by atoms with Gasteiger partial charge in [0.25, 0.3) is 12.2 Å². The number of hydrogen-bond acceptors (Lipinski definition) is 5. The van der Waals surface area contributed by atoms with Crippen LogP contribution in [0.15, 0.2) is 34.5 Å². The van der Waals surface area contributed by atoms with E-state index < -0.39 is 0 Å². The van der Waals surface area contributed by atoms with E-state index in [1.54, 1.807) is 18.2 Å². The van der Waals surface area contributed by atoms with Crippen LogP contribution in [0.5, 0.6) is 0 Å². The second-order valence-corrected chi connectivity index (χ2v) is 2.51. The fraction of sp³-hybridized carbons (Fsp3) is 0.111. The summed E-state index contributed by atoms with van der Waals surface area (Å²) in [4.78, 5) is 20.1. The minimum Gasteiger partial charge on any atom is -0.209 e. The van der Waals surface area contributed by atoms with Crippen LogP contribution in [0.2, 0.25) is 0 Å². The number of isocyanates is 2. The van der Waals surface area contributed by atoms with Gasteiger partial charge in [-0.2, -0.15) is 0 Å². The molecule has 0 spiro atoms. The Morgan fingerprint density at radius 1 is 1.21 bits per heavy atom. The van der Waals surface area contributed by atoms with Crippen LogP contribution in [-0.4, -0.2) is 12.2 Å². The Balaban J connectivity index is 3.10. The number of carbonyl (C=O) groups excluding carboxylic acids is 2. The molecule has 70 valence electrons. The summed E-state index contributed by atoms with van der Waals surface area (Å²) in [6.07, 6.45) is 2.60. The molecule has 0 aliphatic carbocycles. The summed E-state index contributed by atoms with van der Waals surface area (Å²) in [5.41, 5.74) is 1.48. The first-order chi connectivity index (χ1) is 6.77. The third-order valence-electron chi connectivity index (χ3n) is 1.50. The van der Waals surface area contributed by atoms with E-state index in [4.69, 9.17) is 0 Å². The molecule has 0 unspecified atom stereocenters. The minimum absolute atomic E-state index is 0.511. The largest absolute Gasteiger partial charge is 0.260 e.